The summed E-state index contributed by atoms with van der Waals surface area (Å²) in [5, 5.41) is 15.9. The molecule has 7 heteroatoms. The fourth-order valence-electron chi connectivity index (χ4n) is 1.99. The minimum Gasteiger partial charge on any atom is -0.490 e. The van der Waals surface area contributed by atoms with Gasteiger partial charge in [0.25, 0.3) is 0 Å². The van der Waals surface area contributed by atoms with Gasteiger partial charge in [-0.1, -0.05) is 17.7 Å². The van der Waals surface area contributed by atoms with E-state index in [9.17, 15) is 9.90 Å². The zero-order valence-corrected chi connectivity index (χ0v) is 13.7. The first-order chi connectivity index (χ1) is 10.9. The SMILES string of the molecule is CCOc1c(Cl)cccc1NC(=O)NCC(C)(O)c1ccco1. The topological polar surface area (TPSA) is 83.7 Å². The number of aliphatic hydroxyl groups is 1. The summed E-state index contributed by atoms with van der Waals surface area (Å²) in [6.45, 7) is 3.79. The molecule has 2 rings (SSSR count). The van der Waals surface area contributed by atoms with Crippen LogP contribution >= 0.6 is 11.6 Å². The molecule has 0 saturated carbocycles. The van der Waals surface area contributed by atoms with Gasteiger partial charge in [0.05, 0.1) is 30.1 Å². The van der Waals surface area contributed by atoms with Crippen molar-refractivity contribution in [1.82, 2.24) is 5.32 Å². The molecular weight excluding hydrogens is 320 g/mol. The van der Waals surface area contributed by atoms with Crippen LogP contribution in [0, 0.1) is 0 Å². The van der Waals surface area contributed by atoms with E-state index in [-0.39, 0.29) is 6.54 Å². The van der Waals surface area contributed by atoms with Gasteiger partial charge < -0.3 is 24.9 Å². The number of ether oxygens (including phenoxy) is 1. The summed E-state index contributed by atoms with van der Waals surface area (Å²) in [4.78, 5) is 12.0. The van der Waals surface area contributed by atoms with Crippen LogP contribution < -0.4 is 15.4 Å². The van der Waals surface area contributed by atoms with Crippen molar-refractivity contribution in [1.29, 1.82) is 0 Å². The average molecular weight is 339 g/mol. The van der Waals surface area contributed by atoms with E-state index in [1.54, 1.807) is 37.3 Å². The Bertz CT molecular complexity index is 656. The van der Waals surface area contributed by atoms with Crippen LogP contribution in [0.4, 0.5) is 10.5 Å². The molecular formula is C16H19ClN2O4. The molecule has 0 aliphatic carbocycles. The monoisotopic (exact) mass is 338 g/mol. The summed E-state index contributed by atoms with van der Waals surface area (Å²) in [7, 11) is 0. The molecule has 1 aromatic carbocycles. The third-order valence-electron chi connectivity index (χ3n) is 3.15. The van der Waals surface area contributed by atoms with Crippen LogP contribution in [0.5, 0.6) is 5.75 Å². The molecule has 0 aliphatic rings. The lowest BCUT2D eigenvalue weighted by atomic mass is 10.0. The molecule has 3 N–H and O–H groups in total. The molecule has 1 unspecified atom stereocenters. The van der Waals surface area contributed by atoms with Gasteiger partial charge in [-0.2, -0.15) is 0 Å². The standard InChI is InChI=1S/C16H19ClN2O4/c1-3-22-14-11(17)6-4-7-12(14)19-15(20)18-10-16(2,21)13-8-5-9-23-13/h4-9,21H,3,10H2,1-2H3,(H2,18,19,20). The number of para-hydroxylation sites is 1. The van der Waals surface area contributed by atoms with Crippen molar-refractivity contribution in [2.75, 3.05) is 18.5 Å². The van der Waals surface area contributed by atoms with Crippen LogP contribution in [0.2, 0.25) is 5.02 Å². The van der Waals surface area contributed by atoms with Gasteiger partial charge in [0, 0.05) is 0 Å². The van der Waals surface area contributed by atoms with Gasteiger partial charge in [0.1, 0.15) is 11.4 Å². The molecule has 124 valence electrons. The minimum absolute atomic E-state index is 0.0170. The molecule has 0 aliphatic heterocycles. The largest absolute Gasteiger partial charge is 0.490 e. The number of amides is 2. The minimum atomic E-state index is -1.31. The summed E-state index contributed by atoms with van der Waals surface area (Å²) in [5.41, 5.74) is -0.854. The molecule has 1 heterocycles. The number of hydrogen-bond donors (Lipinski definition) is 3. The number of urea groups is 1. The number of carbonyl (C=O) groups excluding carboxylic acids is 1. The highest BCUT2D eigenvalue weighted by Crippen LogP contribution is 2.32. The van der Waals surface area contributed by atoms with Crippen molar-refractivity contribution in [3.05, 3.63) is 47.4 Å². The van der Waals surface area contributed by atoms with E-state index in [1.165, 1.54) is 6.26 Å². The van der Waals surface area contributed by atoms with Gasteiger partial charge in [-0.15, -0.1) is 0 Å². The van der Waals surface area contributed by atoms with Gasteiger partial charge in [0.15, 0.2) is 5.75 Å². The first-order valence-corrected chi connectivity index (χ1v) is 7.54. The maximum absolute atomic E-state index is 12.0. The Balaban J connectivity index is 1.99. The van der Waals surface area contributed by atoms with Gasteiger partial charge in [-0.3, -0.25) is 0 Å². The summed E-state index contributed by atoms with van der Waals surface area (Å²) >= 11 is 6.06. The number of carbonyl (C=O) groups is 1. The Labute approximate surface area is 139 Å². The van der Waals surface area contributed by atoms with Crippen LogP contribution in [-0.2, 0) is 5.60 Å². The van der Waals surface area contributed by atoms with Gasteiger partial charge in [-0.25, -0.2) is 4.79 Å². The Kier molecular flexibility index (Phi) is 5.52. The van der Waals surface area contributed by atoms with Crippen molar-refractivity contribution >= 4 is 23.3 Å². The fourth-order valence-corrected chi connectivity index (χ4v) is 2.22. The number of halogens is 1. The van der Waals surface area contributed by atoms with E-state index >= 15 is 0 Å². The first-order valence-electron chi connectivity index (χ1n) is 7.16. The Morgan fingerprint density at radius 3 is 2.83 bits per heavy atom. The number of nitrogens with one attached hydrogen (secondary N) is 2. The normalized spacial score (nSPS) is 13.2. The molecule has 0 spiro atoms. The van der Waals surface area contributed by atoms with Crippen molar-refractivity contribution in [3.63, 3.8) is 0 Å². The summed E-state index contributed by atoms with van der Waals surface area (Å²) < 4.78 is 10.6. The lowest BCUT2D eigenvalue weighted by Gasteiger charge is -2.21. The molecule has 2 amide bonds. The molecule has 2 aromatic rings. The van der Waals surface area contributed by atoms with Crippen LogP contribution in [-0.4, -0.2) is 24.3 Å². The molecule has 1 atom stereocenters. The Morgan fingerprint density at radius 2 is 2.17 bits per heavy atom. The predicted octanol–water partition coefficient (Wildman–Crippen LogP) is 3.36. The van der Waals surface area contributed by atoms with E-state index in [0.717, 1.165) is 0 Å². The number of anilines is 1. The highest BCUT2D eigenvalue weighted by Gasteiger charge is 2.27. The molecule has 0 bridgehead atoms. The molecule has 1 aromatic heterocycles. The van der Waals surface area contributed by atoms with Crippen molar-refractivity contribution in [2.45, 2.75) is 19.4 Å². The maximum atomic E-state index is 12.0. The first kappa shape index (κ1) is 17.2. The van der Waals surface area contributed by atoms with E-state index in [0.29, 0.717) is 28.8 Å². The third-order valence-corrected chi connectivity index (χ3v) is 3.45. The van der Waals surface area contributed by atoms with Crippen LogP contribution in [0.3, 0.4) is 0 Å². The van der Waals surface area contributed by atoms with E-state index < -0.39 is 11.6 Å². The number of benzene rings is 1. The van der Waals surface area contributed by atoms with Crippen molar-refractivity contribution < 1.29 is 19.1 Å². The summed E-state index contributed by atoms with van der Waals surface area (Å²) in [6, 6.07) is 7.89. The maximum Gasteiger partial charge on any atom is 0.319 e. The van der Waals surface area contributed by atoms with Crippen molar-refractivity contribution in [2.24, 2.45) is 0 Å². The fraction of sp³-hybridized carbons (Fsp3) is 0.312. The Morgan fingerprint density at radius 1 is 1.39 bits per heavy atom. The molecule has 0 saturated heterocycles. The zero-order valence-electron chi connectivity index (χ0n) is 12.9. The van der Waals surface area contributed by atoms with Gasteiger partial charge in [-0.05, 0) is 38.1 Å². The average Bonchev–Trinajstić information content (AvgIpc) is 3.04. The molecule has 0 fully saturated rings. The number of hydrogen-bond acceptors (Lipinski definition) is 4. The number of furan rings is 1. The highest BCUT2D eigenvalue weighted by atomic mass is 35.5. The lowest BCUT2D eigenvalue weighted by molar-refractivity contribution is 0.0372. The second-order valence-electron chi connectivity index (χ2n) is 5.11. The van der Waals surface area contributed by atoms with Crippen molar-refractivity contribution in [3.8, 4) is 5.75 Å². The lowest BCUT2D eigenvalue weighted by Crippen LogP contribution is -2.40. The smallest absolute Gasteiger partial charge is 0.319 e. The van der Waals surface area contributed by atoms with Crippen LogP contribution in [0.1, 0.15) is 19.6 Å². The molecule has 0 radical (unpaired) electrons. The Hall–Kier alpha value is -2.18. The van der Waals surface area contributed by atoms with E-state index in [1.807, 2.05) is 6.92 Å². The summed E-state index contributed by atoms with van der Waals surface area (Å²) in [5.74, 6) is 0.778. The number of rotatable bonds is 6. The van der Waals surface area contributed by atoms with Gasteiger partial charge in [0.2, 0.25) is 0 Å². The quantitative estimate of drug-likeness (QED) is 0.754. The van der Waals surface area contributed by atoms with E-state index in [4.69, 9.17) is 20.8 Å². The van der Waals surface area contributed by atoms with Crippen LogP contribution in [0.15, 0.2) is 41.0 Å². The molecule has 23 heavy (non-hydrogen) atoms. The predicted molar refractivity (Wildman–Crippen MR) is 87.9 cm³/mol. The third kappa shape index (κ3) is 4.40. The zero-order chi connectivity index (χ0) is 16.9. The van der Waals surface area contributed by atoms with Crippen LogP contribution in [0.25, 0.3) is 0 Å². The highest BCUT2D eigenvalue weighted by molar-refractivity contribution is 6.32. The molecule has 6 nitrogen and oxygen atoms in total. The second kappa shape index (κ2) is 7.39. The van der Waals surface area contributed by atoms with E-state index in [2.05, 4.69) is 10.6 Å². The van der Waals surface area contributed by atoms with Gasteiger partial charge >= 0.3 is 6.03 Å². The summed E-state index contributed by atoms with van der Waals surface area (Å²) in [6.07, 6.45) is 1.46. The second-order valence-corrected chi connectivity index (χ2v) is 5.52.